The van der Waals surface area contributed by atoms with E-state index in [0.717, 1.165) is 17.6 Å². The third kappa shape index (κ3) is 1.72. The van der Waals surface area contributed by atoms with Gasteiger partial charge in [-0.2, -0.15) is 0 Å². The SMILES string of the molecule is CC1=C(S(=O)(=O)c2ccc(C)cc2)CC1. The Morgan fingerprint density at radius 2 is 1.60 bits per heavy atom. The van der Waals surface area contributed by atoms with Gasteiger partial charge in [-0.05, 0) is 38.8 Å². The average molecular weight is 222 g/mol. The summed E-state index contributed by atoms with van der Waals surface area (Å²) in [7, 11) is -3.19. The van der Waals surface area contributed by atoms with Gasteiger partial charge in [0.05, 0.1) is 4.90 Å². The standard InChI is InChI=1S/C12H14O2S/c1-9-3-6-11(7-4-9)15(13,14)12-8-5-10(12)2/h3-4,6-7H,5,8H2,1-2H3. The second-order valence-corrected chi connectivity index (χ2v) is 5.99. The molecule has 3 heteroatoms. The van der Waals surface area contributed by atoms with Crippen LogP contribution in [0.25, 0.3) is 0 Å². The van der Waals surface area contributed by atoms with Crippen LogP contribution in [0.3, 0.4) is 0 Å². The predicted octanol–water partition coefficient (Wildman–Crippen LogP) is 2.84. The van der Waals surface area contributed by atoms with Crippen LogP contribution < -0.4 is 0 Å². The van der Waals surface area contributed by atoms with Crippen LogP contribution in [0.15, 0.2) is 39.6 Å². The molecule has 0 spiro atoms. The van der Waals surface area contributed by atoms with Crippen LogP contribution in [-0.2, 0) is 9.84 Å². The lowest BCUT2D eigenvalue weighted by molar-refractivity contribution is 0.595. The Hall–Kier alpha value is -1.09. The smallest absolute Gasteiger partial charge is 0.202 e. The topological polar surface area (TPSA) is 34.1 Å². The number of rotatable bonds is 2. The molecule has 0 atom stereocenters. The van der Waals surface area contributed by atoms with Gasteiger partial charge in [-0.15, -0.1) is 0 Å². The molecule has 0 saturated carbocycles. The second kappa shape index (κ2) is 3.49. The number of hydrogen-bond donors (Lipinski definition) is 0. The van der Waals surface area contributed by atoms with Crippen molar-refractivity contribution >= 4 is 9.84 Å². The second-order valence-electron chi connectivity index (χ2n) is 4.02. The first-order valence-electron chi connectivity index (χ1n) is 5.02. The molecule has 1 aliphatic carbocycles. The largest absolute Gasteiger partial charge is 0.219 e. The summed E-state index contributed by atoms with van der Waals surface area (Å²) in [6.07, 6.45) is 1.61. The zero-order chi connectivity index (χ0) is 11.1. The summed E-state index contributed by atoms with van der Waals surface area (Å²) in [6.45, 7) is 3.84. The molecule has 0 saturated heterocycles. The number of hydrogen-bond acceptors (Lipinski definition) is 2. The van der Waals surface area contributed by atoms with Crippen LogP contribution >= 0.6 is 0 Å². The third-order valence-electron chi connectivity index (χ3n) is 2.86. The maximum absolute atomic E-state index is 12.1. The van der Waals surface area contributed by atoms with Gasteiger partial charge in [0.15, 0.2) is 0 Å². The van der Waals surface area contributed by atoms with Crippen LogP contribution in [0.1, 0.15) is 25.3 Å². The van der Waals surface area contributed by atoms with Gasteiger partial charge in [-0.3, -0.25) is 0 Å². The molecule has 1 aliphatic rings. The molecule has 80 valence electrons. The number of allylic oxidation sites excluding steroid dienone is 2. The van der Waals surface area contributed by atoms with Gasteiger partial charge >= 0.3 is 0 Å². The van der Waals surface area contributed by atoms with Crippen molar-refractivity contribution in [2.75, 3.05) is 0 Å². The lowest BCUT2D eigenvalue weighted by Gasteiger charge is -2.20. The van der Waals surface area contributed by atoms with Crippen molar-refractivity contribution < 1.29 is 8.42 Å². The molecule has 0 aromatic heterocycles. The van der Waals surface area contributed by atoms with Crippen LogP contribution in [0, 0.1) is 6.92 Å². The first kappa shape index (κ1) is 10.4. The minimum Gasteiger partial charge on any atom is -0.219 e. The molecule has 0 amide bonds. The Morgan fingerprint density at radius 3 is 2.00 bits per heavy atom. The van der Waals surface area contributed by atoms with Crippen LogP contribution in [-0.4, -0.2) is 8.42 Å². The first-order valence-corrected chi connectivity index (χ1v) is 6.50. The highest BCUT2D eigenvalue weighted by atomic mass is 32.2. The molecular formula is C12H14O2S. The van der Waals surface area contributed by atoms with Gasteiger partial charge in [0.25, 0.3) is 0 Å². The van der Waals surface area contributed by atoms with Crippen molar-refractivity contribution in [3.63, 3.8) is 0 Å². The summed E-state index contributed by atoms with van der Waals surface area (Å²) in [5.74, 6) is 0. The van der Waals surface area contributed by atoms with E-state index in [1.54, 1.807) is 12.1 Å². The molecule has 15 heavy (non-hydrogen) atoms. The molecule has 0 radical (unpaired) electrons. The molecule has 0 aliphatic heterocycles. The molecule has 0 fully saturated rings. The van der Waals surface area contributed by atoms with Crippen molar-refractivity contribution in [1.29, 1.82) is 0 Å². The van der Waals surface area contributed by atoms with Crippen molar-refractivity contribution in [2.24, 2.45) is 0 Å². The summed E-state index contributed by atoms with van der Waals surface area (Å²) in [5.41, 5.74) is 2.09. The highest BCUT2D eigenvalue weighted by Crippen LogP contribution is 2.35. The van der Waals surface area contributed by atoms with Crippen molar-refractivity contribution in [2.45, 2.75) is 31.6 Å². The minimum absolute atomic E-state index is 0.419. The Bertz CT molecular complexity index is 507. The van der Waals surface area contributed by atoms with E-state index in [2.05, 4.69) is 0 Å². The van der Waals surface area contributed by atoms with Gasteiger partial charge in [-0.25, -0.2) is 8.42 Å². The monoisotopic (exact) mass is 222 g/mol. The van der Waals surface area contributed by atoms with E-state index < -0.39 is 9.84 Å². The molecule has 1 aromatic carbocycles. The minimum atomic E-state index is -3.19. The van der Waals surface area contributed by atoms with Crippen molar-refractivity contribution in [3.8, 4) is 0 Å². The summed E-state index contributed by atoms with van der Waals surface area (Å²) in [6, 6.07) is 7.04. The normalized spacial score (nSPS) is 16.4. The Morgan fingerprint density at radius 1 is 1.00 bits per heavy atom. The first-order chi connectivity index (χ1) is 7.01. The summed E-state index contributed by atoms with van der Waals surface area (Å²) < 4.78 is 24.2. The van der Waals surface area contributed by atoms with E-state index in [1.807, 2.05) is 26.0 Å². The lowest BCUT2D eigenvalue weighted by Crippen LogP contribution is -2.13. The summed E-state index contributed by atoms with van der Waals surface area (Å²) >= 11 is 0. The van der Waals surface area contributed by atoms with Gasteiger partial charge < -0.3 is 0 Å². The molecule has 2 rings (SSSR count). The molecule has 1 aromatic rings. The van der Waals surface area contributed by atoms with Gasteiger partial charge in [0.1, 0.15) is 0 Å². The van der Waals surface area contributed by atoms with Gasteiger partial charge in [0, 0.05) is 4.91 Å². The average Bonchev–Trinajstić information content (AvgIpc) is 2.15. The van der Waals surface area contributed by atoms with E-state index in [4.69, 9.17) is 0 Å². The molecule has 0 unspecified atom stereocenters. The van der Waals surface area contributed by atoms with Crippen LogP contribution in [0.5, 0.6) is 0 Å². The molecule has 0 heterocycles. The molecule has 0 N–H and O–H groups in total. The highest BCUT2D eigenvalue weighted by molar-refractivity contribution is 7.95. The zero-order valence-electron chi connectivity index (χ0n) is 8.95. The Balaban J connectivity index is 2.47. The Labute approximate surface area is 90.6 Å². The number of benzene rings is 1. The molecule has 0 bridgehead atoms. The van der Waals surface area contributed by atoms with E-state index >= 15 is 0 Å². The van der Waals surface area contributed by atoms with Crippen molar-refractivity contribution in [3.05, 3.63) is 40.3 Å². The zero-order valence-corrected chi connectivity index (χ0v) is 9.76. The summed E-state index contributed by atoms with van der Waals surface area (Å²) in [5, 5.41) is 0. The van der Waals surface area contributed by atoms with E-state index in [9.17, 15) is 8.42 Å². The predicted molar refractivity (Wildman–Crippen MR) is 60.3 cm³/mol. The van der Waals surface area contributed by atoms with Crippen LogP contribution in [0.4, 0.5) is 0 Å². The molecule has 2 nitrogen and oxygen atoms in total. The quantitative estimate of drug-likeness (QED) is 0.771. The van der Waals surface area contributed by atoms with E-state index in [1.165, 1.54) is 0 Å². The van der Waals surface area contributed by atoms with Gasteiger partial charge in [-0.1, -0.05) is 23.3 Å². The van der Waals surface area contributed by atoms with Gasteiger partial charge in [0.2, 0.25) is 9.84 Å². The van der Waals surface area contributed by atoms with Crippen LogP contribution in [0.2, 0.25) is 0 Å². The van der Waals surface area contributed by atoms with E-state index in [0.29, 0.717) is 16.2 Å². The molecular weight excluding hydrogens is 208 g/mol. The highest BCUT2D eigenvalue weighted by Gasteiger charge is 2.27. The fraction of sp³-hybridized carbons (Fsp3) is 0.333. The lowest BCUT2D eigenvalue weighted by atomic mass is 10.0. The number of sulfone groups is 1. The maximum Gasteiger partial charge on any atom is 0.202 e. The fourth-order valence-corrected chi connectivity index (χ4v) is 3.41. The summed E-state index contributed by atoms with van der Waals surface area (Å²) in [4.78, 5) is 1.04. The number of aryl methyl sites for hydroxylation is 1. The fourth-order valence-electron chi connectivity index (χ4n) is 1.70. The van der Waals surface area contributed by atoms with Crippen molar-refractivity contribution in [1.82, 2.24) is 0 Å². The third-order valence-corrected chi connectivity index (χ3v) is 4.95. The maximum atomic E-state index is 12.1. The Kier molecular flexibility index (Phi) is 2.43. The van der Waals surface area contributed by atoms with E-state index in [-0.39, 0.29) is 0 Å².